The van der Waals surface area contributed by atoms with Crippen molar-refractivity contribution in [1.29, 1.82) is 0 Å². The molecule has 0 saturated carbocycles. The smallest absolute Gasteiger partial charge is 0.0900 e. The first-order valence-corrected chi connectivity index (χ1v) is 10.6. The second-order valence-corrected chi connectivity index (χ2v) is 11.5. The van der Waals surface area contributed by atoms with Gasteiger partial charge >= 0.3 is 0 Å². The molecule has 1 unspecified atom stereocenters. The number of nitrogens with zero attached hydrogens (tertiary/aromatic N) is 1. The van der Waals surface area contributed by atoms with E-state index in [2.05, 4.69) is 38.4 Å². The summed E-state index contributed by atoms with van der Waals surface area (Å²) in [5.41, 5.74) is 0. The van der Waals surface area contributed by atoms with E-state index in [1.54, 1.807) is 0 Å². The minimum atomic E-state index is -0.923. The average Bonchev–Trinajstić information content (AvgIpc) is 2.23. The van der Waals surface area contributed by atoms with E-state index < -0.39 is 8.07 Å². The molecule has 0 aliphatic rings. The van der Waals surface area contributed by atoms with Crippen molar-refractivity contribution in [3.8, 4) is 0 Å². The van der Waals surface area contributed by atoms with Crippen LogP contribution in [0.25, 0.3) is 0 Å². The lowest BCUT2D eigenvalue weighted by atomic mass is 10.3. The molecule has 0 spiro atoms. The molecule has 0 heterocycles. The van der Waals surface area contributed by atoms with Crippen LogP contribution in [-0.2, 0) is 4.74 Å². The quantitative estimate of drug-likeness (QED) is 0.484. The van der Waals surface area contributed by atoms with E-state index in [1.165, 1.54) is 6.04 Å². The van der Waals surface area contributed by atoms with Crippen molar-refractivity contribution >= 4 is 8.07 Å². The molecule has 3 nitrogen and oxygen atoms in total. The lowest BCUT2D eigenvalue weighted by molar-refractivity contribution is 0.0185. The van der Waals surface area contributed by atoms with Crippen LogP contribution in [0.2, 0.25) is 25.7 Å². The van der Waals surface area contributed by atoms with Crippen LogP contribution in [0.3, 0.4) is 0 Å². The summed E-state index contributed by atoms with van der Waals surface area (Å²) in [7, 11) is -0.923. The summed E-state index contributed by atoms with van der Waals surface area (Å²) in [6.45, 7) is 15.3. The highest BCUT2D eigenvalue weighted by atomic mass is 28.3. The van der Waals surface area contributed by atoms with Gasteiger partial charge in [0.1, 0.15) is 0 Å². The zero-order chi connectivity index (χ0) is 13.3. The highest BCUT2D eigenvalue weighted by Crippen LogP contribution is 2.10. The summed E-state index contributed by atoms with van der Waals surface area (Å²) in [6, 6.07) is 1.30. The van der Waals surface area contributed by atoms with E-state index in [-0.39, 0.29) is 6.10 Å². The van der Waals surface area contributed by atoms with Crippen LogP contribution in [0, 0.1) is 0 Å². The van der Waals surface area contributed by atoms with E-state index in [9.17, 15) is 5.11 Å². The number of aliphatic hydroxyl groups excluding tert-OH is 1. The monoisotopic (exact) mass is 261 g/mol. The SMILES string of the molecule is CCN(CC)CC(O)COCCC[Si](C)(C)C. The van der Waals surface area contributed by atoms with Crippen molar-refractivity contribution < 1.29 is 9.84 Å². The van der Waals surface area contributed by atoms with E-state index in [1.807, 2.05) is 0 Å². The predicted octanol–water partition coefficient (Wildman–Crippen LogP) is 2.43. The second-order valence-electron chi connectivity index (χ2n) is 5.88. The lowest BCUT2D eigenvalue weighted by Crippen LogP contribution is -2.34. The van der Waals surface area contributed by atoms with Crippen LogP contribution < -0.4 is 0 Å². The molecule has 104 valence electrons. The summed E-state index contributed by atoms with van der Waals surface area (Å²) in [5, 5.41) is 9.78. The highest BCUT2D eigenvalue weighted by Gasteiger charge is 2.12. The number of hydrogen-bond donors (Lipinski definition) is 1. The van der Waals surface area contributed by atoms with Gasteiger partial charge in [0, 0.05) is 21.2 Å². The first-order valence-electron chi connectivity index (χ1n) is 6.87. The van der Waals surface area contributed by atoms with Crippen LogP contribution in [0.4, 0.5) is 0 Å². The number of hydrogen-bond acceptors (Lipinski definition) is 3. The molecule has 0 amide bonds. The Bertz CT molecular complexity index is 179. The molecule has 0 saturated heterocycles. The van der Waals surface area contributed by atoms with E-state index in [4.69, 9.17) is 4.74 Å². The molecule has 0 aliphatic heterocycles. The van der Waals surface area contributed by atoms with E-state index >= 15 is 0 Å². The lowest BCUT2D eigenvalue weighted by Gasteiger charge is -2.22. The fraction of sp³-hybridized carbons (Fsp3) is 1.00. The number of ether oxygens (including phenoxy) is 1. The van der Waals surface area contributed by atoms with Crippen molar-refractivity contribution in [3.05, 3.63) is 0 Å². The van der Waals surface area contributed by atoms with Gasteiger partial charge in [-0.05, 0) is 19.5 Å². The third kappa shape index (κ3) is 10.9. The molecule has 0 aromatic rings. The summed E-state index contributed by atoms with van der Waals surface area (Å²) >= 11 is 0. The minimum absolute atomic E-state index is 0.346. The highest BCUT2D eigenvalue weighted by molar-refractivity contribution is 6.76. The maximum absolute atomic E-state index is 9.78. The Morgan fingerprint density at radius 3 is 2.24 bits per heavy atom. The summed E-state index contributed by atoms with van der Waals surface area (Å²) < 4.78 is 5.53. The molecule has 4 heteroatoms. The van der Waals surface area contributed by atoms with Gasteiger partial charge in [0.05, 0.1) is 12.7 Å². The summed E-state index contributed by atoms with van der Waals surface area (Å²) in [4.78, 5) is 2.22. The summed E-state index contributed by atoms with van der Waals surface area (Å²) in [6.07, 6.45) is 0.787. The van der Waals surface area contributed by atoms with Gasteiger partial charge in [-0.2, -0.15) is 0 Å². The molecular weight excluding hydrogens is 230 g/mol. The second kappa shape index (κ2) is 9.08. The molecule has 1 N–H and O–H groups in total. The molecule has 0 radical (unpaired) electrons. The molecule has 0 rings (SSSR count). The molecule has 0 aromatic heterocycles. The Kier molecular flexibility index (Phi) is 9.14. The zero-order valence-corrected chi connectivity index (χ0v) is 13.3. The van der Waals surface area contributed by atoms with Gasteiger partial charge in [-0.25, -0.2) is 0 Å². The fourth-order valence-electron chi connectivity index (χ4n) is 1.76. The molecule has 1 atom stereocenters. The average molecular weight is 261 g/mol. The maximum Gasteiger partial charge on any atom is 0.0900 e. The number of rotatable bonds is 10. The van der Waals surface area contributed by atoms with Gasteiger partial charge in [0.15, 0.2) is 0 Å². The van der Waals surface area contributed by atoms with Crippen molar-refractivity contribution in [3.63, 3.8) is 0 Å². The van der Waals surface area contributed by atoms with Crippen molar-refractivity contribution in [2.24, 2.45) is 0 Å². The largest absolute Gasteiger partial charge is 0.389 e. The van der Waals surface area contributed by atoms with Crippen LogP contribution in [0.1, 0.15) is 20.3 Å². The molecule has 0 aliphatic carbocycles. The molecule has 0 aromatic carbocycles. The van der Waals surface area contributed by atoms with E-state index in [0.29, 0.717) is 6.61 Å². The molecule has 0 bridgehead atoms. The van der Waals surface area contributed by atoms with Gasteiger partial charge in [0.25, 0.3) is 0 Å². The number of likely N-dealkylation sites (N-methyl/N-ethyl adjacent to an activating group) is 1. The first kappa shape index (κ1) is 17.1. The van der Waals surface area contributed by atoms with Crippen LogP contribution in [-0.4, -0.2) is 57.0 Å². The molecule has 17 heavy (non-hydrogen) atoms. The van der Waals surface area contributed by atoms with Crippen molar-refractivity contribution in [1.82, 2.24) is 4.90 Å². The number of aliphatic hydroxyl groups is 1. The first-order chi connectivity index (χ1) is 7.89. The van der Waals surface area contributed by atoms with Crippen LogP contribution in [0.5, 0.6) is 0 Å². The molecular formula is C13H31NO2Si. The Labute approximate surface area is 108 Å². The van der Waals surface area contributed by atoms with Crippen LogP contribution in [0.15, 0.2) is 0 Å². The standard InChI is InChI=1S/C13H31NO2Si/c1-6-14(7-2)11-13(15)12-16-9-8-10-17(3,4)5/h13,15H,6-12H2,1-5H3. The van der Waals surface area contributed by atoms with Crippen molar-refractivity contribution in [2.45, 2.75) is 52.1 Å². The third-order valence-corrected chi connectivity index (χ3v) is 4.74. The summed E-state index contributed by atoms with van der Waals surface area (Å²) in [5.74, 6) is 0. The predicted molar refractivity (Wildman–Crippen MR) is 77.4 cm³/mol. The van der Waals surface area contributed by atoms with Gasteiger partial charge in [-0.3, -0.25) is 0 Å². The topological polar surface area (TPSA) is 32.7 Å². The van der Waals surface area contributed by atoms with E-state index in [0.717, 1.165) is 32.7 Å². The van der Waals surface area contributed by atoms with Gasteiger partial charge in [0.2, 0.25) is 0 Å². The zero-order valence-electron chi connectivity index (χ0n) is 12.3. The van der Waals surface area contributed by atoms with Gasteiger partial charge < -0.3 is 14.7 Å². The molecule has 0 fully saturated rings. The van der Waals surface area contributed by atoms with Gasteiger partial charge in [-0.1, -0.05) is 39.5 Å². The normalized spacial score (nSPS) is 14.3. The third-order valence-electron chi connectivity index (χ3n) is 2.89. The Hall–Kier alpha value is 0.0969. The fourth-order valence-corrected chi connectivity index (χ4v) is 2.96. The Morgan fingerprint density at radius 1 is 1.18 bits per heavy atom. The van der Waals surface area contributed by atoms with Crippen molar-refractivity contribution in [2.75, 3.05) is 32.8 Å². The minimum Gasteiger partial charge on any atom is -0.389 e. The maximum atomic E-state index is 9.78. The Balaban J connectivity index is 3.48. The Morgan fingerprint density at radius 2 is 1.76 bits per heavy atom. The van der Waals surface area contributed by atoms with Gasteiger partial charge in [-0.15, -0.1) is 0 Å². The van der Waals surface area contributed by atoms with Crippen LogP contribution >= 0.6 is 0 Å².